The first-order valence-electron chi connectivity index (χ1n) is 5.78. The molecule has 0 aromatic heterocycles. The van der Waals surface area contributed by atoms with Crippen LogP contribution in [0.1, 0.15) is 38.8 Å². The van der Waals surface area contributed by atoms with Gasteiger partial charge in [0.1, 0.15) is 11.6 Å². The molecule has 1 aromatic carbocycles. The monoisotopic (exact) mass is 243 g/mol. The summed E-state index contributed by atoms with van der Waals surface area (Å²) in [6.07, 6.45) is 0.205. The van der Waals surface area contributed by atoms with Gasteiger partial charge in [-0.3, -0.25) is 0 Å². The van der Waals surface area contributed by atoms with E-state index in [0.29, 0.717) is 12.0 Å². The highest BCUT2D eigenvalue weighted by Gasteiger charge is 2.12. The summed E-state index contributed by atoms with van der Waals surface area (Å²) < 4.78 is 26.1. The number of halogens is 2. The van der Waals surface area contributed by atoms with Crippen molar-refractivity contribution in [1.82, 2.24) is 5.32 Å². The van der Waals surface area contributed by atoms with Crippen molar-refractivity contribution >= 4 is 0 Å². The molecule has 17 heavy (non-hydrogen) atoms. The third-order valence-corrected chi connectivity index (χ3v) is 2.61. The van der Waals surface area contributed by atoms with Gasteiger partial charge in [0.25, 0.3) is 0 Å². The van der Waals surface area contributed by atoms with Gasteiger partial charge >= 0.3 is 0 Å². The van der Waals surface area contributed by atoms with Crippen LogP contribution in [0.4, 0.5) is 8.78 Å². The van der Waals surface area contributed by atoms with Crippen molar-refractivity contribution in [1.29, 1.82) is 0 Å². The van der Waals surface area contributed by atoms with E-state index in [9.17, 15) is 13.9 Å². The fourth-order valence-electron chi connectivity index (χ4n) is 1.93. The zero-order chi connectivity index (χ0) is 13.0. The fourth-order valence-corrected chi connectivity index (χ4v) is 1.93. The Balaban J connectivity index is 2.66. The van der Waals surface area contributed by atoms with Crippen molar-refractivity contribution in [2.45, 2.75) is 45.4 Å². The van der Waals surface area contributed by atoms with Crippen molar-refractivity contribution in [2.75, 3.05) is 0 Å². The molecule has 0 aliphatic carbocycles. The first-order valence-corrected chi connectivity index (χ1v) is 5.78. The quantitative estimate of drug-likeness (QED) is 0.833. The Morgan fingerprint density at radius 3 is 2.12 bits per heavy atom. The third kappa shape index (κ3) is 4.79. The van der Waals surface area contributed by atoms with Crippen molar-refractivity contribution < 1.29 is 13.9 Å². The summed E-state index contributed by atoms with van der Waals surface area (Å²) in [4.78, 5) is 0. The van der Waals surface area contributed by atoms with E-state index in [1.54, 1.807) is 6.92 Å². The van der Waals surface area contributed by atoms with Crippen molar-refractivity contribution in [3.05, 3.63) is 35.4 Å². The molecule has 2 nitrogen and oxygen atoms in total. The molecule has 3 unspecified atom stereocenters. The number of benzene rings is 1. The van der Waals surface area contributed by atoms with E-state index < -0.39 is 17.7 Å². The summed E-state index contributed by atoms with van der Waals surface area (Å²) in [5.41, 5.74) is 0.569. The molecule has 0 radical (unpaired) electrons. The number of hydrogen-bond acceptors (Lipinski definition) is 2. The molecule has 0 fully saturated rings. The Morgan fingerprint density at radius 1 is 1.12 bits per heavy atom. The number of rotatable bonds is 5. The Bertz CT molecular complexity index is 348. The lowest BCUT2D eigenvalue weighted by molar-refractivity contribution is 0.168. The molecule has 4 heteroatoms. The maximum Gasteiger partial charge on any atom is 0.126 e. The Morgan fingerprint density at radius 2 is 1.65 bits per heavy atom. The number of nitrogens with one attached hydrogen (secondary N) is 1. The maximum atomic E-state index is 13.0. The first-order chi connectivity index (χ1) is 7.88. The van der Waals surface area contributed by atoms with E-state index in [0.717, 1.165) is 6.07 Å². The average molecular weight is 243 g/mol. The van der Waals surface area contributed by atoms with E-state index >= 15 is 0 Å². The van der Waals surface area contributed by atoms with E-state index in [4.69, 9.17) is 0 Å². The summed E-state index contributed by atoms with van der Waals surface area (Å²) >= 11 is 0. The first kappa shape index (κ1) is 14.1. The van der Waals surface area contributed by atoms with Gasteiger partial charge in [-0.25, -0.2) is 8.78 Å². The third-order valence-electron chi connectivity index (χ3n) is 2.61. The SMILES string of the molecule is CC(O)CC(C)NC(C)c1cc(F)cc(F)c1. The van der Waals surface area contributed by atoms with Crippen LogP contribution in [0.15, 0.2) is 18.2 Å². The molecule has 0 amide bonds. The Kier molecular flexibility index (Phi) is 5.02. The van der Waals surface area contributed by atoms with Gasteiger partial charge in [0.15, 0.2) is 0 Å². The number of aliphatic hydroxyl groups is 1. The van der Waals surface area contributed by atoms with E-state index in [1.165, 1.54) is 12.1 Å². The highest BCUT2D eigenvalue weighted by atomic mass is 19.1. The second-order valence-corrected chi connectivity index (χ2v) is 4.58. The maximum absolute atomic E-state index is 13.0. The fraction of sp³-hybridized carbons (Fsp3) is 0.538. The van der Waals surface area contributed by atoms with Gasteiger partial charge in [-0.05, 0) is 44.9 Å². The molecule has 0 bridgehead atoms. The molecular weight excluding hydrogens is 224 g/mol. The van der Waals surface area contributed by atoms with Crippen LogP contribution < -0.4 is 5.32 Å². The lowest BCUT2D eigenvalue weighted by atomic mass is 10.1. The molecule has 2 N–H and O–H groups in total. The predicted octanol–water partition coefficient (Wildman–Crippen LogP) is 2.77. The second kappa shape index (κ2) is 6.07. The standard InChI is InChI=1S/C13H19F2NO/c1-8(4-9(2)17)16-10(3)11-5-12(14)7-13(15)6-11/h5-10,16-17H,4H2,1-3H3. The van der Waals surface area contributed by atoms with Crippen LogP contribution in [-0.4, -0.2) is 17.3 Å². The van der Waals surface area contributed by atoms with E-state index in [-0.39, 0.29) is 12.1 Å². The minimum absolute atomic E-state index is 0.0799. The highest BCUT2D eigenvalue weighted by molar-refractivity contribution is 5.21. The number of aliphatic hydroxyl groups excluding tert-OH is 1. The molecule has 3 atom stereocenters. The molecule has 0 aliphatic rings. The van der Waals surface area contributed by atoms with Gasteiger partial charge in [0.2, 0.25) is 0 Å². The highest BCUT2D eigenvalue weighted by Crippen LogP contribution is 2.17. The smallest absolute Gasteiger partial charge is 0.126 e. The molecule has 96 valence electrons. The lowest BCUT2D eigenvalue weighted by Gasteiger charge is -2.21. The van der Waals surface area contributed by atoms with Gasteiger partial charge in [0.05, 0.1) is 6.10 Å². The van der Waals surface area contributed by atoms with E-state index in [1.807, 2.05) is 13.8 Å². The molecule has 0 heterocycles. The molecule has 0 saturated carbocycles. The normalized spacial score (nSPS) is 16.6. The minimum Gasteiger partial charge on any atom is -0.393 e. The Hall–Kier alpha value is -1.00. The Labute approximate surface area is 101 Å². The van der Waals surface area contributed by atoms with Crippen LogP contribution in [-0.2, 0) is 0 Å². The number of hydrogen-bond donors (Lipinski definition) is 2. The zero-order valence-corrected chi connectivity index (χ0v) is 10.4. The van der Waals surface area contributed by atoms with Crippen LogP contribution in [0.3, 0.4) is 0 Å². The van der Waals surface area contributed by atoms with Gasteiger partial charge < -0.3 is 10.4 Å². The zero-order valence-electron chi connectivity index (χ0n) is 10.4. The topological polar surface area (TPSA) is 32.3 Å². The van der Waals surface area contributed by atoms with Crippen LogP contribution in [0.25, 0.3) is 0 Å². The van der Waals surface area contributed by atoms with Gasteiger partial charge in [-0.15, -0.1) is 0 Å². The predicted molar refractivity (Wildman–Crippen MR) is 63.7 cm³/mol. The van der Waals surface area contributed by atoms with Gasteiger partial charge in [0, 0.05) is 18.2 Å². The molecule has 0 aliphatic heterocycles. The summed E-state index contributed by atoms with van der Waals surface area (Å²) in [5, 5.41) is 12.4. The molecule has 1 rings (SSSR count). The van der Waals surface area contributed by atoms with Crippen molar-refractivity contribution in [3.63, 3.8) is 0 Å². The van der Waals surface area contributed by atoms with Gasteiger partial charge in [-0.1, -0.05) is 0 Å². The summed E-state index contributed by atoms with van der Waals surface area (Å²) in [6.45, 7) is 5.48. The van der Waals surface area contributed by atoms with E-state index in [2.05, 4.69) is 5.32 Å². The van der Waals surface area contributed by atoms with Crippen molar-refractivity contribution in [3.8, 4) is 0 Å². The lowest BCUT2D eigenvalue weighted by Crippen LogP contribution is -2.31. The minimum atomic E-state index is -0.572. The summed E-state index contributed by atoms with van der Waals surface area (Å²) in [6, 6.07) is 3.41. The molecule has 1 aromatic rings. The second-order valence-electron chi connectivity index (χ2n) is 4.58. The van der Waals surface area contributed by atoms with Crippen LogP contribution in [0.2, 0.25) is 0 Å². The summed E-state index contributed by atoms with van der Waals surface area (Å²) in [7, 11) is 0. The van der Waals surface area contributed by atoms with Crippen LogP contribution >= 0.6 is 0 Å². The largest absolute Gasteiger partial charge is 0.393 e. The van der Waals surface area contributed by atoms with Crippen LogP contribution in [0, 0.1) is 11.6 Å². The summed E-state index contributed by atoms with van der Waals surface area (Å²) in [5.74, 6) is -1.14. The average Bonchev–Trinajstić information content (AvgIpc) is 2.14. The molecular formula is C13H19F2NO. The van der Waals surface area contributed by atoms with Crippen LogP contribution in [0.5, 0.6) is 0 Å². The van der Waals surface area contributed by atoms with Gasteiger partial charge in [-0.2, -0.15) is 0 Å². The molecule has 0 saturated heterocycles. The van der Waals surface area contributed by atoms with Crippen molar-refractivity contribution in [2.24, 2.45) is 0 Å². The molecule has 0 spiro atoms.